The summed E-state index contributed by atoms with van der Waals surface area (Å²) < 4.78 is 0. The van der Waals surface area contributed by atoms with Crippen LogP contribution in [0.15, 0.2) is 30.3 Å². The average molecular weight is 246 g/mol. The highest BCUT2D eigenvalue weighted by Gasteiger charge is 2.27. The maximum atomic E-state index is 3.58. The summed E-state index contributed by atoms with van der Waals surface area (Å²) in [5.41, 5.74) is 1.44. The standard InChI is InChI=1S/C16H26N2/c1-3-12-17-13-16(14-8-5-4-6-9-14)18(2)15-10-7-11-15/h4-6,8-9,15-17H,3,7,10-13H2,1-2H3. The van der Waals surface area contributed by atoms with Crippen LogP contribution in [-0.4, -0.2) is 31.1 Å². The highest BCUT2D eigenvalue weighted by Crippen LogP contribution is 2.30. The van der Waals surface area contributed by atoms with Crippen LogP contribution in [0.1, 0.15) is 44.2 Å². The molecule has 100 valence electrons. The fourth-order valence-corrected chi connectivity index (χ4v) is 2.64. The number of likely N-dealkylation sites (N-methyl/N-ethyl adjacent to an activating group) is 1. The summed E-state index contributed by atoms with van der Waals surface area (Å²) in [6, 6.07) is 12.2. The third kappa shape index (κ3) is 3.33. The molecule has 1 aliphatic carbocycles. The first-order valence-corrected chi connectivity index (χ1v) is 7.30. The van der Waals surface area contributed by atoms with Crippen molar-refractivity contribution in [1.82, 2.24) is 10.2 Å². The lowest BCUT2D eigenvalue weighted by atomic mass is 9.89. The molecule has 2 heteroatoms. The summed E-state index contributed by atoms with van der Waals surface area (Å²) in [4.78, 5) is 2.57. The van der Waals surface area contributed by atoms with E-state index in [9.17, 15) is 0 Å². The van der Waals surface area contributed by atoms with Gasteiger partial charge >= 0.3 is 0 Å². The molecule has 2 rings (SSSR count). The average Bonchev–Trinajstić information content (AvgIpc) is 2.33. The number of hydrogen-bond acceptors (Lipinski definition) is 2. The van der Waals surface area contributed by atoms with Gasteiger partial charge in [0.1, 0.15) is 0 Å². The molecule has 0 aliphatic heterocycles. The molecule has 0 bridgehead atoms. The predicted octanol–water partition coefficient (Wildman–Crippen LogP) is 3.21. The molecule has 0 amide bonds. The quantitative estimate of drug-likeness (QED) is 0.743. The molecule has 0 saturated heterocycles. The van der Waals surface area contributed by atoms with Gasteiger partial charge in [0.05, 0.1) is 0 Å². The van der Waals surface area contributed by atoms with Gasteiger partial charge in [-0.15, -0.1) is 0 Å². The molecule has 0 spiro atoms. The van der Waals surface area contributed by atoms with E-state index < -0.39 is 0 Å². The predicted molar refractivity (Wildman–Crippen MR) is 77.7 cm³/mol. The van der Waals surface area contributed by atoms with Gasteiger partial charge in [-0.2, -0.15) is 0 Å². The van der Waals surface area contributed by atoms with Crippen molar-refractivity contribution in [3.05, 3.63) is 35.9 Å². The van der Waals surface area contributed by atoms with Crippen LogP contribution in [0.4, 0.5) is 0 Å². The molecule has 1 fully saturated rings. The molecule has 0 aromatic heterocycles. The Balaban J connectivity index is 2.01. The van der Waals surface area contributed by atoms with Crippen LogP contribution in [0.2, 0.25) is 0 Å². The summed E-state index contributed by atoms with van der Waals surface area (Å²) in [6.07, 6.45) is 5.34. The van der Waals surface area contributed by atoms with E-state index >= 15 is 0 Å². The second kappa shape index (κ2) is 6.91. The van der Waals surface area contributed by atoms with E-state index in [2.05, 4.69) is 54.5 Å². The van der Waals surface area contributed by atoms with E-state index in [-0.39, 0.29) is 0 Å². The maximum absolute atomic E-state index is 3.58. The minimum atomic E-state index is 0.517. The SMILES string of the molecule is CCCNCC(c1ccccc1)N(C)C1CCC1. The van der Waals surface area contributed by atoms with Crippen molar-refractivity contribution in [2.75, 3.05) is 20.1 Å². The lowest BCUT2D eigenvalue weighted by molar-refractivity contribution is 0.108. The Bertz CT molecular complexity index is 332. The molecular formula is C16H26N2. The van der Waals surface area contributed by atoms with Crippen molar-refractivity contribution in [1.29, 1.82) is 0 Å². The number of rotatable bonds is 7. The van der Waals surface area contributed by atoms with Gasteiger partial charge < -0.3 is 5.32 Å². The molecule has 1 aromatic rings. The first-order valence-electron chi connectivity index (χ1n) is 7.30. The highest BCUT2D eigenvalue weighted by atomic mass is 15.2. The summed E-state index contributed by atoms with van der Waals surface area (Å²) >= 11 is 0. The van der Waals surface area contributed by atoms with Crippen LogP contribution in [0.5, 0.6) is 0 Å². The Morgan fingerprint density at radius 2 is 2.00 bits per heavy atom. The van der Waals surface area contributed by atoms with Crippen LogP contribution in [0.3, 0.4) is 0 Å². The largest absolute Gasteiger partial charge is 0.315 e. The molecule has 1 saturated carbocycles. The summed E-state index contributed by atoms with van der Waals surface area (Å²) in [7, 11) is 2.29. The van der Waals surface area contributed by atoms with Gasteiger partial charge in [-0.1, -0.05) is 43.7 Å². The van der Waals surface area contributed by atoms with Crippen LogP contribution in [0.25, 0.3) is 0 Å². The third-order valence-corrected chi connectivity index (χ3v) is 4.09. The zero-order chi connectivity index (χ0) is 12.8. The molecule has 18 heavy (non-hydrogen) atoms. The van der Waals surface area contributed by atoms with Crippen molar-refractivity contribution >= 4 is 0 Å². The zero-order valence-corrected chi connectivity index (χ0v) is 11.7. The molecule has 1 aliphatic rings. The summed E-state index contributed by atoms with van der Waals surface area (Å²) in [6.45, 7) is 4.40. The lowest BCUT2D eigenvalue weighted by Gasteiger charge is -2.40. The smallest absolute Gasteiger partial charge is 0.0472 e. The number of nitrogens with zero attached hydrogens (tertiary/aromatic N) is 1. The van der Waals surface area contributed by atoms with Crippen molar-refractivity contribution < 1.29 is 0 Å². The van der Waals surface area contributed by atoms with Crippen LogP contribution >= 0.6 is 0 Å². The van der Waals surface area contributed by atoms with Gasteiger partial charge in [-0.25, -0.2) is 0 Å². The summed E-state index contributed by atoms with van der Waals surface area (Å²) in [5.74, 6) is 0. The van der Waals surface area contributed by atoms with Gasteiger partial charge in [0, 0.05) is 18.6 Å². The van der Waals surface area contributed by atoms with Gasteiger partial charge in [-0.05, 0) is 38.4 Å². The lowest BCUT2D eigenvalue weighted by Crippen LogP contribution is -2.43. The fourth-order valence-electron chi connectivity index (χ4n) is 2.64. The van der Waals surface area contributed by atoms with E-state index in [0.717, 1.165) is 19.1 Å². The normalized spacial score (nSPS) is 17.7. The van der Waals surface area contributed by atoms with Crippen molar-refractivity contribution in [3.63, 3.8) is 0 Å². The Hall–Kier alpha value is -0.860. The van der Waals surface area contributed by atoms with Crippen LogP contribution < -0.4 is 5.32 Å². The molecule has 0 heterocycles. The van der Waals surface area contributed by atoms with Crippen molar-refractivity contribution in [3.8, 4) is 0 Å². The second-order valence-corrected chi connectivity index (χ2v) is 5.38. The molecule has 1 N–H and O–H groups in total. The second-order valence-electron chi connectivity index (χ2n) is 5.38. The third-order valence-electron chi connectivity index (χ3n) is 4.09. The van der Waals surface area contributed by atoms with Crippen LogP contribution in [0, 0.1) is 0 Å². The number of benzene rings is 1. The van der Waals surface area contributed by atoms with E-state index in [1.165, 1.54) is 31.2 Å². The van der Waals surface area contributed by atoms with E-state index in [4.69, 9.17) is 0 Å². The monoisotopic (exact) mass is 246 g/mol. The highest BCUT2D eigenvalue weighted by molar-refractivity contribution is 5.19. The Kier molecular flexibility index (Phi) is 5.21. The topological polar surface area (TPSA) is 15.3 Å². The Labute approximate surface area is 111 Å². The molecule has 1 aromatic carbocycles. The van der Waals surface area contributed by atoms with Crippen molar-refractivity contribution in [2.24, 2.45) is 0 Å². The fraction of sp³-hybridized carbons (Fsp3) is 0.625. The maximum Gasteiger partial charge on any atom is 0.0472 e. The number of hydrogen-bond donors (Lipinski definition) is 1. The molecular weight excluding hydrogens is 220 g/mol. The zero-order valence-electron chi connectivity index (χ0n) is 11.7. The molecule has 2 nitrogen and oxygen atoms in total. The van der Waals surface area contributed by atoms with Crippen LogP contribution in [-0.2, 0) is 0 Å². The summed E-state index contributed by atoms with van der Waals surface area (Å²) in [5, 5.41) is 3.58. The Morgan fingerprint density at radius 1 is 1.28 bits per heavy atom. The minimum absolute atomic E-state index is 0.517. The van der Waals surface area contributed by atoms with Gasteiger partial charge in [-0.3, -0.25) is 4.90 Å². The minimum Gasteiger partial charge on any atom is -0.315 e. The van der Waals surface area contributed by atoms with Gasteiger partial charge in [0.2, 0.25) is 0 Å². The van der Waals surface area contributed by atoms with Crippen molar-refractivity contribution in [2.45, 2.75) is 44.7 Å². The van der Waals surface area contributed by atoms with E-state index in [1.54, 1.807) is 0 Å². The van der Waals surface area contributed by atoms with E-state index in [1.807, 2.05) is 0 Å². The first-order chi connectivity index (χ1) is 8.83. The van der Waals surface area contributed by atoms with Gasteiger partial charge in [0.25, 0.3) is 0 Å². The number of nitrogens with one attached hydrogen (secondary N) is 1. The molecule has 0 radical (unpaired) electrons. The Morgan fingerprint density at radius 3 is 2.56 bits per heavy atom. The first kappa shape index (κ1) is 13.6. The van der Waals surface area contributed by atoms with E-state index in [0.29, 0.717) is 6.04 Å². The molecule has 1 unspecified atom stereocenters. The van der Waals surface area contributed by atoms with Gasteiger partial charge in [0.15, 0.2) is 0 Å². The molecule has 1 atom stereocenters.